The molecule has 2 amide bonds. The number of nitrogens with two attached hydrogens (primary N) is 1. The van der Waals surface area contributed by atoms with Crippen molar-refractivity contribution in [3.05, 3.63) is 52.1 Å². The predicted octanol–water partition coefficient (Wildman–Crippen LogP) is 3.66. The average Bonchev–Trinajstić information content (AvgIpc) is 2.70. The summed E-state index contributed by atoms with van der Waals surface area (Å²) in [5.41, 5.74) is 6.88. The maximum Gasteiger partial charge on any atom is 0.224 e. The number of nitrogens with zero attached hydrogens (tertiary/aromatic N) is 2. The molecule has 2 heterocycles. The van der Waals surface area contributed by atoms with Crippen molar-refractivity contribution < 1.29 is 9.59 Å². The lowest BCUT2D eigenvalue weighted by molar-refractivity contribution is -0.122. The monoisotopic (exact) mass is 420 g/mol. The molecule has 2 aromatic rings. The summed E-state index contributed by atoms with van der Waals surface area (Å²) in [7, 11) is 0. The molecule has 0 spiro atoms. The van der Waals surface area contributed by atoms with Gasteiger partial charge in [-0.3, -0.25) is 9.59 Å². The third-order valence-electron chi connectivity index (χ3n) is 4.83. The average molecular weight is 421 g/mol. The number of carbonyl (C=O) groups excluding carboxylic acids is 2. The zero-order valence-corrected chi connectivity index (χ0v) is 16.8. The zero-order chi connectivity index (χ0) is 20.1. The molecule has 0 aliphatic carbocycles. The van der Waals surface area contributed by atoms with Gasteiger partial charge in [0.1, 0.15) is 5.82 Å². The summed E-state index contributed by atoms with van der Waals surface area (Å²) in [4.78, 5) is 30.1. The van der Waals surface area contributed by atoms with Gasteiger partial charge in [0.2, 0.25) is 11.8 Å². The number of benzene rings is 1. The molecule has 0 bridgehead atoms. The highest BCUT2D eigenvalue weighted by molar-refractivity contribution is 6.42. The van der Waals surface area contributed by atoms with Crippen LogP contribution in [0.2, 0.25) is 10.0 Å². The van der Waals surface area contributed by atoms with E-state index in [2.05, 4.69) is 10.3 Å². The molecule has 1 aromatic heterocycles. The highest BCUT2D eigenvalue weighted by atomic mass is 35.5. The highest BCUT2D eigenvalue weighted by Crippen LogP contribution is 2.26. The number of aromatic nitrogens is 1. The number of nitrogens with one attached hydrogen (secondary N) is 1. The number of aryl methyl sites for hydroxylation is 1. The topological polar surface area (TPSA) is 88.3 Å². The Morgan fingerprint density at radius 2 is 2.07 bits per heavy atom. The molecule has 1 atom stereocenters. The fraction of sp³-hybridized carbons (Fsp3) is 0.350. The van der Waals surface area contributed by atoms with Crippen LogP contribution in [-0.4, -0.2) is 29.9 Å². The molecule has 1 aliphatic heterocycles. The first-order valence-corrected chi connectivity index (χ1v) is 9.92. The standard InChI is InChI=1S/C20H22Cl2N4O2/c21-16-5-1-3-13(19(16)22)6-9-18(27)25-15-7-8-17(24-11-15)26-10-2-4-14(12-26)20(23)28/h1,3,5,7-8,11,14H,2,4,6,9-10,12H2,(H2,23,28)(H,25,27). The van der Waals surface area contributed by atoms with Crippen LogP contribution in [0.1, 0.15) is 24.8 Å². The van der Waals surface area contributed by atoms with Crippen molar-refractivity contribution in [2.75, 3.05) is 23.3 Å². The zero-order valence-electron chi connectivity index (χ0n) is 15.3. The summed E-state index contributed by atoms with van der Waals surface area (Å²) < 4.78 is 0. The number of primary amides is 1. The van der Waals surface area contributed by atoms with Crippen molar-refractivity contribution in [2.45, 2.75) is 25.7 Å². The SMILES string of the molecule is NC(=O)C1CCCN(c2ccc(NC(=O)CCc3cccc(Cl)c3Cl)cn2)C1. The molecule has 3 N–H and O–H groups in total. The fourth-order valence-electron chi connectivity index (χ4n) is 3.28. The molecule has 1 fully saturated rings. The van der Waals surface area contributed by atoms with Crippen LogP contribution < -0.4 is 16.0 Å². The van der Waals surface area contributed by atoms with Gasteiger partial charge >= 0.3 is 0 Å². The number of halogens is 2. The Kier molecular flexibility index (Phi) is 6.75. The second kappa shape index (κ2) is 9.26. The van der Waals surface area contributed by atoms with Gasteiger partial charge in [-0.25, -0.2) is 4.98 Å². The molecule has 1 unspecified atom stereocenters. The number of rotatable bonds is 6. The van der Waals surface area contributed by atoms with E-state index in [1.807, 2.05) is 23.1 Å². The molecule has 3 rings (SSSR count). The molecule has 8 heteroatoms. The molecular formula is C20H22Cl2N4O2. The summed E-state index contributed by atoms with van der Waals surface area (Å²) in [6.45, 7) is 1.41. The molecule has 1 saturated heterocycles. The van der Waals surface area contributed by atoms with Gasteiger partial charge in [-0.1, -0.05) is 35.3 Å². The lowest BCUT2D eigenvalue weighted by atomic mass is 9.97. The van der Waals surface area contributed by atoms with Crippen LogP contribution in [0.5, 0.6) is 0 Å². The minimum absolute atomic E-state index is 0.127. The van der Waals surface area contributed by atoms with Crippen LogP contribution in [0.3, 0.4) is 0 Å². The van der Waals surface area contributed by atoms with E-state index in [1.54, 1.807) is 18.3 Å². The Morgan fingerprint density at radius 1 is 1.25 bits per heavy atom. The first kappa shape index (κ1) is 20.4. The Morgan fingerprint density at radius 3 is 2.79 bits per heavy atom. The quantitative estimate of drug-likeness (QED) is 0.745. The Balaban J connectivity index is 1.54. The normalized spacial score (nSPS) is 16.6. The lowest BCUT2D eigenvalue weighted by Crippen LogP contribution is -2.41. The van der Waals surface area contributed by atoms with E-state index in [0.29, 0.717) is 28.7 Å². The van der Waals surface area contributed by atoms with Gasteiger partial charge < -0.3 is 16.0 Å². The summed E-state index contributed by atoms with van der Waals surface area (Å²) >= 11 is 12.1. The minimum atomic E-state index is -0.270. The maximum atomic E-state index is 12.2. The van der Waals surface area contributed by atoms with Gasteiger partial charge in [0.05, 0.1) is 27.8 Å². The molecule has 1 aliphatic rings. The van der Waals surface area contributed by atoms with Crippen LogP contribution in [-0.2, 0) is 16.0 Å². The van der Waals surface area contributed by atoms with Gasteiger partial charge in [-0.15, -0.1) is 0 Å². The number of hydrogen-bond acceptors (Lipinski definition) is 4. The van der Waals surface area contributed by atoms with Gasteiger partial charge in [0.25, 0.3) is 0 Å². The van der Waals surface area contributed by atoms with E-state index >= 15 is 0 Å². The van der Waals surface area contributed by atoms with E-state index in [1.165, 1.54) is 0 Å². The Labute approximate surface area is 174 Å². The van der Waals surface area contributed by atoms with Crippen LogP contribution in [0.15, 0.2) is 36.5 Å². The summed E-state index contributed by atoms with van der Waals surface area (Å²) in [5, 5.41) is 3.80. The highest BCUT2D eigenvalue weighted by Gasteiger charge is 2.24. The number of hydrogen-bond donors (Lipinski definition) is 2. The van der Waals surface area contributed by atoms with Crippen LogP contribution in [0, 0.1) is 5.92 Å². The maximum absolute atomic E-state index is 12.2. The van der Waals surface area contributed by atoms with Crippen LogP contribution >= 0.6 is 23.2 Å². The molecule has 0 radical (unpaired) electrons. The number of anilines is 2. The van der Waals surface area contributed by atoms with Crippen molar-refractivity contribution in [2.24, 2.45) is 11.7 Å². The molecule has 28 heavy (non-hydrogen) atoms. The smallest absolute Gasteiger partial charge is 0.224 e. The molecule has 0 saturated carbocycles. The third-order valence-corrected chi connectivity index (χ3v) is 5.69. The fourth-order valence-corrected chi connectivity index (χ4v) is 3.69. The third kappa shape index (κ3) is 5.14. The molecular weight excluding hydrogens is 399 g/mol. The van der Waals surface area contributed by atoms with Crippen molar-refractivity contribution in [1.29, 1.82) is 0 Å². The number of pyridine rings is 1. The predicted molar refractivity (Wildman–Crippen MR) is 112 cm³/mol. The van der Waals surface area contributed by atoms with Gasteiger partial charge in [0, 0.05) is 19.5 Å². The van der Waals surface area contributed by atoms with E-state index in [4.69, 9.17) is 28.9 Å². The first-order chi connectivity index (χ1) is 13.4. The summed E-state index contributed by atoms with van der Waals surface area (Å²) in [6, 6.07) is 9.03. The first-order valence-electron chi connectivity index (χ1n) is 9.17. The Bertz CT molecular complexity index is 858. The van der Waals surface area contributed by atoms with Crippen molar-refractivity contribution >= 4 is 46.5 Å². The number of amides is 2. The molecule has 148 valence electrons. The van der Waals surface area contributed by atoms with E-state index in [-0.39, 0.29) is 24.2 Å². The van der Waals surface area contributed by atoms with Crippen LogP contribution in [0.25, 0.3) is 0 Å². The lowest BCUT2D eigenvalue weighted by Gasteiger charge is -2.32. The largest absolute Gasteiger partial charge is 0.369 e. The molecule has 1 aromatic carbocycles. The van der Waals surface area contributed by atoms with Crippen LogP contribution in [0.4, 0.5) is 11.5 Å². The van der Waals surface area contributed by atoms with Crippen molar-refractivity contribution in [3.63, 3.8) is 0 Å². The van der Waals surface area contributed by atoms with E-state index in [0.717, 1.165) is 30.8 Å². The molecule has 6 nitrogen and oxygen atoms in total. The van der Waals surface area contributed by atoms with E-state index < -0.39 is 0 Å². The van der Waals surface area contributed by atoms with E-state index in [9.17, 15) is 9.59 Å². The van der Waals surface area contributed by atoms with Gasteiger partial charge in [-0.2, -0.15) is 0 Å². The van der Waals surface area contributed by atoms with Gasteiger partial charge in [-0.05, 0) is 43.0 Å². The minimum Gasteiger partial charge on any atom is -0.369 e. The van der Waals surface area contributed by atoms with Gasteiger partial charge in [0.15, 0.2) is 0 Å². The van der Waals surface area contributed by atoms with Crippen molar-refractivity contribution in [3.8, 4) is 0 Å². The second-order valence-corrected chi connectivity index (χ2v) is 7.64. The summed E-state index contributed by atoms with van der Waals surface area (Å²) in [6.07, 6.45) is 4.12. The van der Waals surface area contributed by atoms with Crippen molar-refractivity contribution in [1.82, 2.24) is 4.98 Å². The number of piperidine rings is 1. The summed E-state index contributed by atoms with van der Waals surface area (Å²) in [5.74, 6) is 0.230. The Hall–Kier alpha value is -2.31. The number of carbonyl (C=O) groups is 2. The second-order valence-electron chi connectivity index (χ2n) is 6.85.